The first kappa shape index (κ1) is 10.6. The molecular weight excluding hydrogens is 180 g/mol. The minimum Gasteiger partial charge on any atom is -0.114 e. The number of halogens is 1. The summed E-state index contributed by atoms with van der Waals surface area (Å²) < 4.78 is 0. The van der Waals surface area contributed by atoms with E-state index in [1.54, 1.807) is 0 Å². The van der Waals surface area contributed by atoms with Crippen LogP contribution in [0.15, 0.2) is 34.9 Å². The number of alkyl halides is 1. The molecule has 13 heavy (non-hydrogen) atoms. The first-order chi connectivity index (χ1) is 6.17. The lowest BCUT2D eigenvalue weighted by Gasteiger charge is -2.06. The fraction of sp³-hybridized carbons (Fsp3) is 0.500. The fourth-order valence-electron chi connectivity index (χ4n) is 1.54. The van der Waals surface area contributed by atoms with Crippen molar-refractivity contribution in [1.29, 1.82) is 0 Å². The third-order valence-electron chi connectivity index (χ3n) is 2.36. The van der Waals surface area contributed by atoms with E-state index in [1.165, 1.54) is 16.7 Å². The highest BCUT2D eigenvalue weighted by molar-refractivity contribution is 6.23. The van der Waals surface area contributed by atoms with Gasteiger partial charge < -0.3 is 0 Å². The molecule has 1 rings (SSSR count). The van der Waals surface area contributed by atoms with E-state index in [1.807, 2.05) is 0 Å². The molecule has 1 aliphatic carbocycles. The average molecular weight is 197 g/mol. The summed E-state index contributed by atoms with van der Waals surface area (Å²) in [5.41, 5.74) is 3.98. The summed E-state index contributed by atoms with van der Waals surface area (Å²) in [7, 11) is 0. The Morgan fingerprint density at radius 1 is 1.23 bits per heavy atom. The summed E-state index contributed by atoms with van der Waals surface area (Å²) in [5.74, 6) is 0. The Morgan fingerprint density at radius 3 is 2.46 bits per heavy atom. The molecule has 0 aromatic heterocycles. The minimum absolute atomic E-state index is 0.0882. The van der Waals surface area contributed by atoms with E-state index in [0.717, 1.165) is 12.8 Å². The van der Waals surface area contributed by atoms with Crippen LogP contribution in [0.3, 0.4) is 0 Å². The van der Waals surface area contributed by atoms with Crippen molar-refractivity contribution in [3.8, 4) is 0 Å². The van der Waals surface area contributed by atoms with Crippen molar-refractivity contribution in [1.82, 2.24) is 0 Å². The minimum atomic E-state index is 0.0882. The molecule has 0 amide bonds. The van der Waals surface area contributed by atoms with Gasteiger partial charge in [-0.05, 0) is 30.9 Å². The van der Waals surface area contributed by atoms with Crippen molar-refractivity contribution < 1.29 is 0 Å². The fourth-order valence-corrected chi connectivity index (χ4v) is 1.96. The lowest BCUT2D eigenvalue weighted by molar-refractivity contribution is 1.02. The molecule has 0 radical (unpaired) electrons. The first-order valence-corrected chi connectivity index (χ1v) is 5.34. The molecule has 0 saturated carbocycles. The van der Waals surface area contributed by atoms with Crippen LogP contribution in [0.4, 0.5) is 0 Å². The maximum Gasteiger partial charge on any atom is 0.0734 e. The lowest BCUT2D eigenvalue weighted by Crippen LogP contribution is -1.97. The molecule has 1 heteroatoms. The summed E-state index contributed by atoms with van der Waals surface area (Å²) >= 11 is 6.23. The average Bonchev–Trinajstić information content (AvgIpc) is 2.23. The van der Waals surface area contributed by atoms with Crippen molar-refractivity contribution >= 4 is 11.6 Å². The normalized spacial score (nSPS) is 23.1. The SMILES string of the molecule is CCC1=CC(C)=CC(Cl)C(CC)=C1. The quantitative estimate of drug-likeness (QED) is 0.580. The van der Waals surface area contributed by atoms with Gasteiger partial charge in [0.1, 0.15) is 0 Å². The highest BCUT2D eigenvalue weighted by Crippen LogP contribution is 2.24. The van der Waals surface area contributed by atoms with E-state index < -0.39 is 0 Å². The van der Waals surface area contributed by atoms with Crippen LogP contribution in [-0.4, -0.2) is 5.38 Å². The smallest absolute Gasteiger partial charge is 0.0734 e. The molecule has 0 aliphatic heterocycles. The van der Waals surface area contributed by atoms with Crippen LogP contribution in [-0.2, 0) is 0 Å². The molecule has 0 fully saturated rings. The van der Waals surface area contributed by atoms with E-state index in [2.05, 4.69) is 39.0 Å². The maximum absolute atomic E-state index is 6.23. The maximum atomic E-state index is 6.23. The first-order valence-electron chi connectivity index (χ1n) is 4.90. The Hall–Kier alpha value is -0.490. The van der Waals surface area contributed by atoms with Crippen LogP contribution in [0.2, 0.25) is 0 Å². The Kier molecular flexibility index (Phi) is 3.80. The van der Waals surface area contributed by atoms with Crippen LogP contribution in [0.1, 0.15) is 33.6 Å². The molecule has 0 spiro atoms. The van der Waals surface area contributed by atoms with Crippen LogP contribution in [0.25, 0.3) is 0 Å². The van der Waals surface area contributed by atoms with Gasteiger partial charge in [-0.3, -0.25) is 0 Å². The summed E-state index contributed by atoms with van der Waals surface area (Å²) in [6.07, 6.45) is 8.70. The zero-order valence-corrected chi connectivity index (χ0v) is 9.36. The molecule has 0 heterocycles. The Labute approximate surface area is 86.0 Å². The van der Waals surface area contributed by atoms with Gasteiger partial charge in [0, 0.05) is 0 Å². The third-order valence-corrected chi connectivity index (χ3v) is 2.77. The van der Waals surface area contributed by atoms with Gasteiger partial charge in [0.05, 0.1) is 5.38 Å². The van der Waals surface area contributed by atoms with Crippen molar-refractivity contribution in [3.63, 3.8) is 0 Å². The Bertz CT molecular complexity index is 269. The number of allylic oxidation sites excluding steroid dienone is 6. The number of rotatable bonds is 2. The molecule has 72 valence electrons. The van der Waals surface area contributed by atoms with E-state index in [9.17, 15) is 0 Å². The molecular formula is C12H17Cl. The Morgan fingerprint density at radius 2 is 1.92 bits per heavy atom. The van der Waals surface area contributed by atoms with E-state index in [4.69, 9.17) is 11.6 Å². The van der Waals surface area contributed by atoms with E-state index in [0.29, 0.717) is 0 Å². The monoisotopic (exact) mass is 196 g/mol. The topological polar surface area (TPSA) is 0 Å². The predicted molar refractivity (Wildman–Crippen MR) is 60.1 cm³/mol. The van der Waals surface area contributed by atoms with Gasteiger partial charge in [-0.25, -0.2) is 0 Å². The van der Waals surface area contributed by atoms with E-state index in [-0.39, 0.29) is 5.38 Å². The molecule has 1 unspecified atom stereocenters. The molecule has 0 N–H and O–H groups in total. The summed E-state index contributed by atoms with van der Waals surface area (Å²) in [4.78, 5) is 0. The zero-order valence-electron chi connectivity index (χ0n) is 8.60. The standard InChI is InChI=1S/C12H17Cl/c1-4-10-6-9(3)7-12(13)11(5-2)8-10/h6-8,12H,4-5H2,1-3H3. The lowest BCUT2D eigenvalue weighted by atomic mass is 10.1. The van der Waals surface area contributed by atoms with Gasteiger partial charge in [-0.15, -0.1) is 11.6 Å². The number of hydrogen-bond acceptors (Lipinski definition) is 0. The number of hydrogen-bond donors (Lipinski definition) is 0. The molecule has 0 saturated heterocycles. The summed E-state index contributed by atoms with van der Waals surface area (Å²) in [5, 5.41) is 0.0882. The van der Waals surface area contributed by atoms with Crippen molar-refractivity contribution in [3.05, 3.63) is 34.9 Å². The van der Waals surface area contributed by atoms with Crippen molar-refractivity contribution in [2.45, 2.75) is 39.0 Å². The second kappa shape index (κ2) is 4.66. The van der Waals surface area contributed by atoms with Gasteiger partial charge >= 0.3 is 0 Å². The van der Waals surface area contributed by atoms with Gasteiger partial charge in [0.25, 0.3) is 0 Å². The molecule has 1 atom stereocenters. The second-order valence-corrected chi connectivity index (χ2v) is 3.93. The van der Waals surface area contributed by atoms with Gasteiger partial charge in [0.15, 0.2) is 0 Å². The van der Waals surface area contributed by atoms with Gasteiger partial charge in [0.2, 0.25) is 0 Å². The summed E-state index contributed by atoms with van der Waals surface area (Å²) in [6.45, 7) is 6.44. The molecule has 0 bridgehead atoms. The Balaban J connectivity index is 3.00. The van der Waals surface area contributed by atoms with Crippen LogP contribution in [0, 0.1) is 0 Å². The molecule has 0 nitrogen and oxygen atoms in total. The summed E-state index contributed by atoms with van der Waals surface area (Å²) in [6, 6.07) is 0. The van der Waals surface area contributed by atoms with Crippen LogP contribution in [0.5, 0.6) is 0 Å². The highest BCUT2D eigenvalue weighted by Gasteiger charge is 2.09. The van der Waals surface area contributed by atoms with Crippen LogP contribution >= 0.6 is 11.6 Å². The van der Waals surface area contributed by atoms with Crippen molar-refractivity contribution in [2.24, 2.45) is 0 Å². The largest absolute Gasteiger partial charge is 0.114 e. The van der Waals surface area contributed by atoms with Crippen LogP contribution < -0.4 is 0 Å². The molecule has 0 aromatic carbocycles. The predicted octanol–water partition coefficient (Wildman–Crippen LogP) is 4.23. The molecule has 0 aromatic rings. The van der Waals surface area contributed by atoms with Gasteiger partial charge in [-0.1, -0.05) is 37.6 Å². The second-order valence-electron chi connectivity index (χ2n) is 3.46. The van der Waals surface area contributed by atoms with E-state index >= 15 is 0 Å². The third kappa shape index (κ3) is 2.73. The highest BCUT2D eigenvalue weighted by atomic mass is 35.5. The zero-order chi connectivity index (χ0) is 9.84. The molecule has 1 aliphatic rings. The van der Waals surface area contributed by atoms with Gasteiger partial charge in [-0.2, -0.15) is 0 Å². The van der Waals surface area contributed by atoms with Crippen molar-refractivity contribution in [2.75, 3.05) is 0 Å².